The maximum absolute atomic E-state index is 12.9. The van der Waals surface area contributed by atoms with E-state index in [2.05, 4.69) is 4.98 Å². The molecule has 0 radical (unpaired) electrons. The highest BCUT2D eigenvalue weighted by atomic mass is 32.2. The van der Waals surface area contributed by atoms with Gasteiger partial charge in [0.15, 0.2) is 9.84 Å². The van der Waals surface area contributed by atoms with Crippen LogP contribution in [0.25, 0.3) is 0 Å². The molecule has 32 heavy (non-hydrogen) atoms. The summed E-state index contributed by atoms with van der Waals surface area (Å²) in [5.74, 6) is -0.142. The van der Waals surface area contributed by atoms with Crippen LogP contribution in [-0.2, 0) is 22.2 Å². The highest BCUT2D eigenvalue weighted by Gasteiger charge is 2.34. The highest BCUT2D eigenvalue weighted by Crippen LogP contribution is 2.34. The quantitative estimate of drug-likeness (QED) is 0.535. The molecule has 1 aliphatic heterocycles. The summed E-state index contributed by atoms with van der Waals surface area (Å²) in [6.07, 6.45) is -7.11. The number of rotatable bonds is 5. The van der Waals surface area contributed by atoms with E-state index < -0.39 is 33.3 Å². The minimum atomic E-state index is -4.63. The Balaban J connectivity index is 1.61. The average molecular weight is 480 g/mol. The van der Waals surface area contributed by atoms with Gasteiger partial charge in [-0.25, -0.2) is 13.4 Å². The molecule has 0 aliphatic carbocycles. The van der Waals surface area contributed by atoms with Gasteiger partial charge in [-0.2, -0.15) is 26.3 Å². The average Bonchev–Trinajstić information content (AvgIpc) is 2.72. The van der Waals surface area contributed by atoms with Gasteiger partial charge in [0, 0.05) is 19.3 Å². The van der Waals surface area contributed by atoms with Crippen molar-refractivity contribution >= 4 is 15.7 Å². The first-order valence-corrected chi connectivity index (χ1v) is 11.6. The molecule has 1 saturated heterocycles. The Labute approximate surface area is 182 Å². The van der Waals surface area contributed by atoms with Gasteiger partial charge in [-0.15, -0.1) is 0 Å². The van der Waals surface area contributed by atoms with Gasteiger partial charge in [0.1, 0.15) is 5.82 Å². The van der Waals surface area contributed by atoms with E-state index in [4.69, 9.17) is 0 Å². The van der Waals surface area contributed by atoms with Gasteiger partial charge in [0.05, 0.1) is 21.8 Å². The van der Waals surface area contributed by atoms with E-state index in [0.717, 1.165) is 30.5 Å². The Kier molecular flexibility index (Phi) is 6.78. The SMILES string of the molecule is CC(CS(=O)(=O)c1cccc(C(F)(F)F)c1)C1CCN(c2ccc(C(F)(F)F)cn2)CC1. The Bertz CT molecular complexity index is 1030. The predicted molar refractivity (Wildman–Crippen MR) is 107 cm³/mol. The van der Waals surface area contributed by atoms with Crippen LogP contribution in [0, 0.1) is 11.8 Å². The van der Waals surface area contributed by atoms with Crippen molar-refractivity contribution in [1.82, 2.24) is 4.98 Å². The van der Waals surface area contributed by atoms with E-state index in [-0.39, 0.29) is 22.5 Å². The Morgan fingerprint density at radius 1 is 1.00 bits per heavy atom. The summed E-state index contributed by atoms with van der Waals surface area (Å²) < 4.78 is 102. The standard InChI is InChI=1S/C21H22F6N2O2S/c1-14(13-32(30,31)18-4-2-3-16(11-18)20(22,23)24)15-7-9-29(10-8-15)19-6-5-17(12-28-19)21(25,26)27/h2-6,11-12,14-15H,7-10,13H2,1H3. The Morgan fingerprint density at radius 2 is 1.62 bits per heavy atom. The van der Waals surface area contributed by atoms with Crippen molar-refractivity contribution in [2.24, 2.45) is 11.8 Å². The molecule has 0 amide bonds. The number of sulfone groups is 1. The van der Waals surface area contributed by atoms with E-state index in [9.17, 15) is 34.8 Å². The summed E-state index contributed by atoms with van der Waals surface area (Å²) in [5, 5.41) is 0. The number of pyridine rings is 1. The van der Waals surface area contributed by atoms with Gasteiger partial charge in [0.2, 0.25) is 0 Å². The number of hydrogen-bond donors (Lipinski definition) is 0. The third-order valence-corrected chi connectivity index (χ3v) is 7.68. The Morgan fingerprint density at radius 3 is 2.16 bits per heavy atom. The molecule has 1 aromatic carbocycles. The number of alkyl halides is 6. The number of piperidine rings is 1. The molecule has 0 spiro atoms. The largest absolute Gasteiger partial charge is 0.417 e. The molecule has 2 heterocycles. The highest BCUT2D eigenvalue weighted by molar-refractivity contribution is 7.91. The molecular formula is C21H22F6N2O2S. The number of nitrogens with zero attached hydrogens (tertiary/aromatic N) is 2. The van der Waals surface area contributed by atoms with Crippen molar-refractivity contribution < 1.29 is 34.8 Å². The first-order valence-electron chi connectivity index (χ1n) is 9.95. The van der Waals surface area contributed by atoms with Gasteiger partial charge in [-0.1, -0.05) is 13.0 Å². The molecule has 1 atom stereocenters. The van der Waals surface area contributed by atoms with E-state index in [0.29, 0.717) is 37.8 Å². The van der Waals surface area contributed by atoms with E-state index in [1.54, 1.807) is 6.92 Å². The zero-order chi connectivity index (χ0) is 23.7. The third-order valence-electron chi connectivity index (χ3n) is 5.75. The molecule has 1 unspecified atom stereocenters. The van der Waals surface area contributed by atoms with Crippen molar-refractivity contribution in [3.63, 3.8) is 0 Å². The maximum atomic E-state index is 12.9. The number of aromatic nitrogens is 1. The van der Waals surface area contributed by atoms with Crippen molar-refractivity contribution in [2.45, 2.75) is 37.0 Å². The molecule has 2 aromatic rings. The van der Waals surface area contributed by atoms with Crippen LogP contribution >= 0.6 is 0 Å². The van der Waals surface area contributed by atoms with Crippen LogP contribution in [-0.4, -0.2) is 32.2 Å². The number of hydrogen-bond acceptors (Lipinski definition) is 4. The van der Waals surface area contributed by atoms with E-state index >= 15 is 0 Å². The van der Waals surface area contributed by atoms with Crippen LogP contribution in [0.3, 0.4) is 0 Å². The molecule has 0 bridgehead atoms. The topological polar surface area (TPSA) is 50.3 Å². The molecule has 176 valence electrons. The van der Waals surface area contributed by atoms with Crippen LogP contribution < -0.4 is 4.90 Å². The molecule has 1 aliphatic rings. The van der Waals surface area contributed by atoms with E-state index in [1.807, 2.05) is 4.90 Å². The summed E-state index contributed by atoms with van der Waals surface area (Å²) in [4.78, 5) is 5.37. The zero-order valence-electron chi connectivity index (χ0n) is 17.1. The van der Waals surface area contributed by atoms with Crippen LogP contribution in [0.15, 0.2) is 47.5 Å². The molecule has 3 rings (SSSR count). The first-order chi connectivity index (χ1) is 14.8. The summed E-state index contributed by atoms with van der Waals surface area (Å²) in [7, 11) is -3.91. The lowest BCUT2D eigenvalue weighted by atomic mass is 9.86. The normalized spacial score (nSPS) is 17.4. The molecule has 0 N–H and O–H groups in total. The van der Waals surface area contributed by atoms with Gasteiger partial charge in [-0.05, 0) is 55.0 Å². The number of halogens is 6. The molecule has 1 aromatic heterocycles. The van der Waals surface area contributed by atoms with Gasteiger partial charge in [-0.3, -0.25) is 0 Å². The summed E-state index contributed by atoms with van der Waals surface area (Å²) in [6.45, 7) is 2.75. The maximum Gasteiger partial charge on any atom is 0.417 e. The lowest BCUT2D eigenvalue weighted by Crippen LogP contribution is -2.37. The minimum absolute atomic E-state index is 0.0151. The lowest BCUT2D eigenvalue weighted by molar-refractivity contribution is -0.138. The van der Waals surface area contributed by atoms with Gasteiger partial charge >= 0.3 is 12.4 Å². The predicted octanol–water partition coefficient (Wildman–Crippen LogP) is 5.45. The summed E-state index contributed by atoms with van der Waals surface area (Å²) >= 11 is 0. The smallest absolute Gasteiger partial charge is 0.357 e. The van der Waals surface area contributed by atoms with Crippen LogP contribution in [0.1, 0.15) is 30.9 Å². The van der Waals surface area contributed by atoms with E-state index in [1.165, 1.54) is 6.07 Å². The van der Waals surface area contributed by atoms with Crippen LogP contribution in [0.5, 0.6) is 0 Å². The van der Waals surface area contributed by atoms with Crippen molar-refractivity contribution in [2.75, 3.05) is 23.7 Å². The van der Waals surface area contributed by atoms with Crippen molar-refractivity contribution in [1.29, 1.82) is 0 Å². The van der Waals surface area contributed by atoms with Crippen LogP contribution in [0.4, 0.5) is 32.2 Å². The third kappa shape index (κ3) is 5.73. The molecular weight excluding hydrogens is 458 g/mol. The molecule has 1 fully saturated rings. The minimum Gasteiger partial charge on any atom is -0.357 e. The first kappa shape index (κ1) is 24.3. The molecule has 4 nitrogen and oxygen atoms in total. The summed E-state index contributed by atoms with van der Waals surface area (Å²) in [5.41, 5.74) is -1.84. The van der Waals surface area contributed by atoms with Crippen molar-refractivity contribution in [3.8, 4) is 0 Å². The fourth-order valence-electron chi connectivity index (χ4n) is 3.88. The second-order valence-corrected chi connectivity index (χ2v) is 10.0. The lowest BCUT2D eigenvalue weighted by Gasteiger charge is -2.35. The monoisotopic (exact) mass is 480 g/mol. The molecule has 11 heteroatoms. The number of anilines is 1. The van der Waals surface area contributed by atoms with Gasteiger partial charge < -0.3 is 4.90 Å². The fraction of sp³-hybridized carbons (Fsp3) is 0.476. The number of benzene rings is 1. The van der Waals surface area contributed by atoms with Gasteiger partial charge in [0.25, 0.3) is 0 Å². The Hall–Kier alpha value is -2.30. The second kappa shape index (κ2) is 8.92. The van der Waals surface area contributed by atoms with Crippen LogP contribution in [0.2, 0.25) is 0 Å². The molecule has 0 saturated carbocycles. The zero-order valence-corrected chi connectivity index (χ0v) is 17.9. The van der Waals surface area contributed by atoms with Crippen molar-refractivity contribution in [3.05, 3.63) is 53.7 Å². The summed E-state index contributed by atoms with van der Waals surface area (Å²) in [6, 6.07) is 6.00. The fourth-order valence-corrected chi connectivity index (χ4v) is 5.63. The second-order valence-electron chi connectivity index (χ2n) is 8.01.